The summed E-state index contributed by atoms with van der Waals surface area (Å²) < 4.78 is 6.75. The summed E-state index contributed by atoms with van der Waals surface area (Å²) in [4.78, 5) is 10.3. The normalized spacial score (nSPS) is 27.8. The van der Waals surface area contributed by atoms with Gasteiger partial charge in [0.15, 0.2) is 0 Å². The number of pyridine rings is 2. The summed E-state index contributed by atoms with van der Waals surface area (Å²) in [5, 5.41) is 0. The van der Waals surface area contributed by atoms with Gasteiger partial charge in [0, 0.05) is 11.4 Å². The van der Waals surface area contributed by atoms with E-state index in [1.54, 1.807) is 0 Å². The lowest BCUT2D eigenvalue weighted by atomic mass is 9.68. The number of unbranched alkanes of at least 4 members (excludes halogenated alkanes) is 8. The minimum atomic E-state index is 0.787. The van der Waals surface area contributed by atoms with Gasteiger partial charge in [-0.3, -0.25) is 9.97 Å². The van der Waals surface area contributed by atoms with Crippen molar-refractivity contribution in [3.63, 3.8) is 0 Å². The third-order valence-electron chi connectivity index (χ3n) is 16.7. The topological polar surface area (TPSA) is 35.0 Å². The molecule has 3 heteroatoms. The Bertz CT molecular complexity index is 1310. The molecule has 0 spiro atoms. The van der Waals surface area contributed by atoms with Crippen LogP contribution >= 0.6 is 0 Å². The molecule has 2 aromatic heterocycles. The van der Waals surface area contributed by atoms with Crippen molar-refractivity contribution >= 4 is 0 Å². The molecule has 0 aliphatic heterocycles. The molecule has 4 aliphatic carbocycles. The van der Waals surface area contributed by atoms with Crippen LogP contribution in [0.3, 0.4) is 0 Å². The van der Waals surface area contributed by atoms with Gasteiger partial charge in [-0.2, -0.15) is 0 Å². The standard InChI is InChI=1S/C56H92N2O/c1-5-9-13-17-43-21-29-47(30-22-43)49-33-25-45(26-34-49)37-51-39-53(41-57-55(51)19-15-11-7-3)59-54-40-52(56(58-42-54)20-16-12-8-4)38-46-27-35-50(36-28-46)48-31-23-44(24-32-48)18-14-10-6-2/h39-50H,5-38H2,1-4H3. The van der Waals surface area contributed by atoms with E-state index in [2.05, 4.69) is 39.8 Å². The van der Waals surface area contributed by atoms with Gasteiger partial charge in [-0.05, 0) is 186 Å². The van der Waals surface area contributed by atoms with Crippen molar-refractivity contribution in [3.05, 3.63) is 47.0 Å². The van der Waals surface area contributed by atoms with E-state index in [0.717, 1.165) is 71.7 Å². The molecule has 4 fully saturated rings. The van der Waals surface area contributed by atoms with Crippen LogP contribution in [0, 0.1) is 47.3 Å². The zero-order valence-corrected chi connectivity index (χ0v) is 39.3. The number of rotatable bonds is 24. The molecule has 0 bridgehead atoms. The van der Waals surface area contributed by atoms with Gasteiger partial charge < -0.3 is 4.74 Å². The zero-order valence-electron chi connectivity index (χ0n) is 39.3. The zero-order chi connectivity index (χ0) is 41.1. The van der Waals surface area contributed by atoms with E-state index in [0.29, 0.717) is 0 Å². The summed E-state index contributed by atoms with van der Waals surface area (Å²) in [6, 6.07) is 4.77. The summed E-state index contributed by atoms with van der Waals surface area (Å²) in [5.41, 5.74) is 5.58. The molecule has 0 unspecified atom stereocenters. The first kappa shape index (κ1) is 46.6. The van der Waals surface area contributed by atoms with Gasteiger partial charge in [-0.1, -0.05) is 130 Å². The smallest absolute Gasteiger partial charge is 0.146 e. The maximum atomic E-state index is 6.75. The Hall–Kier alpha value is -1.90. The quantitative estimate of drug-likeness (QED) is 0.0991. The lowest BCUT2D eigenvalue weighted by Crippen LogP contribution is -2.26. The van der Waals surface area contributed by atoms with E-state index >= 15 is 0 Å². The number of nitrogens with zero attached hydrogens (tertiary/aromatic N) is 2. The molecule has 59 heavy (non-hydrogen) atoms. The largest absolute Gasteiger partial charge is 0.454 e. The first-order valence-corrected chi connectivity index (χ1v) is 26.7. The SMILES string of the molecule is CCCCCc1ncc(Oc2cnc(CCCCC)c(CC3CCC(C4CCC(CCCCC)CC4)CC3)c2)cc1CC1CCC(C2CCC(CCCCC)CC2)CC1. The van der Waals surface area contributed by atoms with Crippen molar-refractivity contribution in [3.8, 4) is 11.5 Å². The molecule has 4 saturated carbocycles. The second-order valence-corrected chi connectivity index (χ2v) is 21.1. The Morgan fingerprint density at radius 3 is 1.07 bits per heavy atom. The fourth-order valence-corrected chi connectivity index (χ4v) is 12.8. The number of aryl methyl sites for hydroxylation is 2. The van der Waals surface area contributed by atoms with Crippen molar-refractivity contribution in [2.75, 3.05) is 0 Å². The number of hydrogen-bond acceptors (Lipinski definition) is 3. The van der Waals surface area contributed by atoms with Gasteiger partial charge in [0.25, 0.3) is 0 Å². The number of hydrogen-bond donors (Lipinski definition) is 0. The average molecular weight is 809 g/mol. The van der Waals surface area contributed by atoms with E-state index in [4.69, 9.17) is 14.7 Å². The second kappa shape index (κ2) is 25.9. The fourth-order valence-electron chi connectivity index (χ4n) is 12.8. The van der Waals surface area contributed by atoms with Gasteiger partial charge in [-0.25, -0.2) is 0 Å². The molecule has 0 N–H and O–H groups in total. The molecule has 0 aromatic carbocycles. The Morgan fingerprint density at radius 2 is 0.729 bits per heavy atom. The molecule has 332 valence electrons. The van der Waals surface area contributed by atoms with Crippen LogP contribution in [0.1, 0.15) is 243 Å². The lowest BCUT2D eigenvalue weighted by Gasteiger charge is -2.38. The summed E-state index contributed by atoms with van der Waals surface area (Å²) in [5.74, 6) is 9.41. The average Bonchev–Trinajstić information content (AvgIpc) is 3.26. The van der Waals surface area contributed by atoms with Gasteiger partial charge >= 0.3 is 0 Å². The van der Waals surface area contributed by atoms with Crippen LogP contribution in [0.5, 0.6) is 11.5 Å². The molecule has 2 heterocycles. The molecular formula is C56H92N2O. The van der Waals surface area contributed by atoms with Crippen molar-refractivity contribution in [1.29, 1.82) is 0 Å². The van der Waals surface area contributed by atoms with Crippen LogP contribution in [-0.2, 0) is 25.7 Å². The van der Waals surface area contributed by atoms with Crippen LogP contribution in [0.15, 0.2) is 24.5 Å². The van der Waals surface area contributed by atoms with E-state index in [-0.39, 0.29) is 0 Å². The monoisotopic (exact) mass is 809 g/mol. The van der Waals surface area contributed by atoms with E-state index in [1.165, 1.54) is 228 Å². The van der Waals surface area contributed by atoms with Crippen LogP contribution in [0.25, 0.3) is 0 Å². The third-order valence-corrected chi connectivity index (χ3v) is 16.7. The van der Waals surface area contributed by atoms with Crippen LogP contribution in [0.2, 0.25) is 0 Å². The Labute approximate surface area is 365 Å². The molecule has 2 aromatic rings. The Kier molecular flexibility index (Phi) is 20.5. The van der Waals surface area contributed by atoms with Gasteiger partial charge in [0.2, 0.25) is 0 Å². The van der Waals surface area contributed by atoms with Crippen molar-refractivity contribution in [1.82, 2.24) is 9.97 Å². The molecule has 0 amide bonds. The van der Waals surface area contributed by atoms with Gasteiger partial charge in [-0.15, -0.1) is 0 Å². The molecular weight excluding hydrogens is 717 g/mol. The van der Waals surface area contributed by atoms with Gasteiger partial charge in [0.05, 0.1) is 12.4 Å². The van der Waals surface area contributed by atoms with Crippen LogP contribution in [-0.4, -0.2) is 9.97 Å². The van der Waals surface area contributed by atoms with Crippen LogP contribution < -0.4 is 4.74 Å². The maximum absolute atomic E-state index is 6.75. The predicted octanol–water partition coefficient (Wildman–Crippen LogP) is 17.2. The van der Waals surface area contributed by atoms with Crippen molar-refractivity contribution < 1.29 is 4.74 Å². The van der Waals surface area contributed by atoms with E-state index in [9.17, 15) is 0 Å². The highest BCUT2D eigenvalue weighted by Crippen LogP contribution is 2.45. The molecule has 0 atom stereocenters. The Balaban J connectivity index is 1.04. The number of ether oxygens (including phenoxy) is 1. The predicted molar refractivity (Wildman–Crippen MR) is 252 cm³/mol. The van der Waals surface area contributed by atoms with Gasteiger partial charge in [0.1, 0.15) is 11.5 Å². The fraction of sp³-hybridized carbons (Fsp3) is 0.821. The minimum Gasteiger partial charge on any atom is -0.454 e. The minimum absolute atomic E-state index is 0.787. The molecule has 0 radical (unpaired) electrons. The summed E-state index contributed by atoms with van der Waals surface area (Å²) in [6.07, 6.45) is 51.1. The molecule has 0 saturated heterocycles. The van der Waals surface area contributed by atoms with Crippen molar-refractivity contribution in [2.24, 2.45) is 47.3 Å². The van der Waals surface area contributed by atoms with E-state index < -0.39 is 0 Å². The molecule has 3 nitrogen and oxygen atoms in total. The molecule has 4 aliphatic rings. The maximum Gasteiger partial charge on any atom is 0.146 e. The second-order valence-electron chi connectivity index (χ2n) is 21.1. The lowest BCUT2D eigenvalue weighted by molar-refractivity contribution is 0.142. The number of aromatic nitrogens is 2. The summed E-state index contributed by atoms with van der Waals surface area (Å²) in [7, 11) is 0. The first-order chi connectivity index (χ1) is 29.0. The first-order valence-electron chi connectivity index (χ1n) is 26.7. The van der Waals surface area contributed by atoms with Crippen LogP contribution in [0.4, 0.5) is 0 Å². The summed E-state index contributed by atoms with van der Waals surface area (Å²) >= 11 is 0. The van der Waals surface area contributed by atoms with Crippen molar-refractivity contribution in [2.45, 2.75) is 246 Å². The molecule has 6 rings (SSSR count). The highest BCUT2D eigenvalue weighted by molar-refractivity contribution is 5.36. The summed E-state index contributed by atoms with van der Waals surface area (Å²) in [6.45, 7) is 9.31. The third kappa shape index (κ3) is 15.2. The highest BCUT2D eigenvalue weighted by Gasteiger charge is 2.33. The Morgan fingerprint density at radius 1 is 0.407 bits per heavy atom. The highest BCUT2D eigenvalue weighted by atomic mass is 16.5. The van der Waals surface area contributed by atoms with E-state index in [1.807, 2.05) is 12.4 Å².